The third-order valence-electron chi connectivity index (χ3n) is 6.39. The molecule has 0 aliphatic rings. The Morgan fingerprint density at radius 2 is 1.79 bits per heavy atom. The average molecular weight is 576 g/mol. The van der Waals surface area contributed by atoms with E-state index in [-0.39, 0.29) is 47.3 Å². The summed E-state index contributed by atoms with van der Waals surface area (Å²) < 4.78 is 41.8. The molecule has 0 fully saturated rings. The first kappa shape index (κ1) is 28.2. The lowest BCUT2D eigenvalue weighted by molar-refractivity contribution is -0.120. The molecule has 13 heteroatoms. The number of methoxy groups -OCH3 is 2. The van der Waals surface area contributed by atoms with Crippen LogP contribution in [0.4, 0.5) is 20.3 Å². The van der Waals surface area contributed by atoms with Gasteiger partial charge in [-0.3, -0.25) is 4.79 Å². The lowest BCUT2D eigenvalue weighted by Crippen LogP contribution is -2.25. The van der Waals surface area contributed by atoms with Gasteiger partial charge in [0.1, 0.15) is 40.2 Å². The van der Waals surface area contributed by atoms with Crippen molar-refractivity contribution < 1.29 is 28.2 Å². The van der Waals surface area contributed by atoms with E-state index >= 15 is 0 Å². The van der Waals surface area contributed by atoms with E-state index in [1.165, 1.54) is 30.1 Å². The fourth-order valence-corrected chi connectivity index (χ4v) is 4.40. The number of aromatic nitrogens is 5. The van der Waals surface area contributed by atoms with Crippen molar-refractivity contribution in [2.45, 2.75) is 19.9 Å². The number of hydrogen-bond donors (Lipinski definition) is 3. The van der Waals surface area contributed by atoms with E-state index in [9.17, 15) is 18.7 Å². The third-order valence-corrected chi connectivity index (χ3v) is 6.39. The lowest BCUT2D eigenvalue weighted by Gasteiger charge is -2.12. The fraction of sp³-hybridized carbons (Fsp3) is 0.207. The third kappa shape index (κ3) is 5.75. The second-order valence-electron chi connectivity index (χ2n) is 9.15. The van der Waals surface area contributed by atoms with Crippen molar-refractivity contribution in [3.63, 3.8) is 0 Å². The number of carbonyl (C=O) groups is 1. The molecule has 3 heterocycles. The van der Waals surface area contributed by atoms with E-state index in [4.69, 9.17) is 9.47 Å². The van der Waals surface area contributed by atoms with Gasteiger partial charge in [0.2, 0.25) is 11.8 Å². The largest absolute Gasteiger partial charge is 0.497 e. The number of amides is 1. The van der Waals surface area contributed by atoms with Gasteiger partial charge in [-0.2, -0.15) is 0 Å². The molecule has 0 saturated carbocycles. The standard InChI is InChI=1S/C29H27F2N7O4/c1-4-32-24(39)11-23-33-12-17(13-34-23)35-28-26-21(36-27(37-28)25-19(30)6-5-7-20(25)31)15-38(29(26)40)14-16-8-9-18(41-2)10-22(16)42-3/h5-10,12-13,15,40H,4,11,14H2,1-3H3,(H,32,39)(H,35,36,37). The average Bonchev–Trinajstić information content (AvgIpc) is 3.29. The number of benzene rings is 2. The number of halogens is 2. The Labute approximate surface area is 239 Å². The summed E-state index contributed by atoms with van der Waals surface area (Å²) in [5.74, 6) is -0.817. The van der Waals surface area contributed by atoms with Crippen molar-refractivity contribution in [3.05, 3.63) is 78.0 Å². The smallest absolute Gasteiger partial charge is 0.227 e. The van der Waals surface area contributed by atoms with E-state index in [0.717, 1.165) is 17.7 Å². The minimum atomic E-state index is -0.843. The van der Waals surface area contributed by atoms with Crippen LogP contribution in [0.2, 0.25) is 0 Å². The summed E-state index contributed by atoms with van der Waals surface area (Å²) in [4.78, 5) is 29.1. The van der Waals surface area contributed by atoms with Crippen molar-refractivity contribution >= 4 is 28.3 Å². The van der Waals surface area contributed by atoms with Crippen molar-refractivity contribution in [2.24, 2.45) is 0 Å². The molecule has 42 heavy (non-hydrogen) atoms. The highest BCUT2D eigenvalue weighted by Crippen LogP contribution is 2.37. The maximum atomic E-state index is 14.7. The maximum absolute atomic E-state index is 14.7. The van der Waals surface area contributed by atoms with Crippen molar-refractivity contribution in [2.75, 3.05) is 26.1 Å². The highest BCUT2D eigenvalue weighted by Gasteiger charge is 2.22. The van der Waals surface area contributed by atoms with Crippen LogP contribution < -0.4 is 20.1 Å². The van der Waals surface area contributed by atoms with Gasteiger partial charge < -0.3 is 29.8 Å². The molecule has 5 aromatic rings. The molecule has 216 valence electrons. The molecule has 0 radical (unpaired) electrons. The molecule has 0 atom stereocenters. The predicted octanol–water partition coefficient (Wildman–Crippen LogP) is 4.36. The molecular formula is C29H27F2N7O4. The minimum absolute atomic E-state index is 0.00103. The molecule has 0 aliphatic carbocycles. The second kappa shape index (κ2) is 12.0. The van der Waals surface area contributed by atoms with Gasteiger partial charge in [-0.15, -0.1) is 0 Å². The van der Waals surface area contributed by atoms with Crippen LogP contribution in [0.1, 0.15) is 18.3 Å². The summed E-state index contributed by atoms with van der Waals surface area (Å²) in [6.07, 6.45) is 4.43. The monoisotopic (exact) mass is 575 g/mol. The highest BCUT2D eigenvalue weighted by molar-refractivity contribution is 5.96. The van der Waals surface area contributed by atoms with Gasteiger partial charge in [0.05, 0.1) is 56.3 Å². The normalized spacial score (nSPS) is 11.0. The topological polar surface area (TPSA) is 136 Å². The summed E-state index contributed by atoms with van der Waals surface area (Å²) in [6, 6.07) is 8.75. The molecule has 0 spiro atoms. The van der Waals surface area contributed by atoms with Crippen LogP contribution in [-0.2, 0) is 17.8 Å². The van der Waals surface area contributed by atoms with Crippen LogP contribution in [0.15, 0.2) is 55.0 Å². The molecule has 0 saturated heterocycles. The Morgan fingerprint density at radius 1 is 1.05 bits per heavy atom. The van der Waals surface area contributed by atoms with Gasteiger partial charge in [0.25, 0.3) is 0 Å². The minimum Gasteiger partial charge on any atom is -0.497 e. The summed E-state index contributed by atoms with van der Waals surface area (Å²) in [7, 11) is 3.07. The molecule has 0 unspecified atom stereocenters. The first-order chi connectivity index (χ1) is 20.3. The van der Waals surface area contributed by atoms with Crippen LogP contribution >= 0.6 is 0 Å². The number of nitrogens with zero attached hydrogens (tertiary/aromatic N) is 5. The summed E-state index contributed by atoms with van der Waals surface area (Å²) in [6.45, 7) is 2.48. The van der Waals surface area contributed by atoms with Crippen LogP contribution in [-0.4, -0.2) is 56.3 Å². The summed E-state index contributed by atoms with van der Waals surface area (Å²) in [5, 5.41) is 17.2. The molecule has 0 aliphatic heterocycles. The number of nitrogens with one attached hydrogen (secondary N) is 2. The number of ether oxygens (including phenoxy) is 2. The SMILES string of the molecule is CCNC(=O)Cc1ncc(Nc2nc(-c3c(F)cccc3F)nc3cn(Cc4ccc(OC)cc4OC)c(O)c23)cn1. The van der Waals surface area contributed by atoms with Crippen LogP contribution in [0.3, 0.4) is 0 Å². The molecular weight excluding hydrogens is 548 g/mol. The molecule has 2 aromatic carbocycles. The molecule has 1 amide bonds. The number of aromatic hydroxyl groups is 1. The Kier molecular flexibility index (Phi) is 8.09. The number of anilines is 2. The molecule has 0 bridgehead atoms. The number of likely N-dealkylation sites (N-methyl/N-ethyl adjacent to an activating group) is 1. The predicted molar refractivity (Wildman–Crippen MR) is 151 cm³/mol. The summed E-state index contributed by atoms with van der Waals surface area (Å²) >= 11 is 0. The molecule has 11 nitrogen and oxygen atoms in total. The molecule has 3 aromatic heterocycles. The first-order valence-electron chi connectivity index (χ1n) is 12.9. The number of fused-ring (bicyclic) bond motifs is 1. The Bertz CT molecular complexity index is 1740. The zero-order valence-electron chi connectivity index (χ0n) is 23.0. The van der Waals surface area contributed by atoms with Crippen LogP contribution in [0, 0.1) is 11.6 Å². The van der Waals surface area contributed by atoms with Crippen LogP contribution in [0.25, 0.3) is 22.3 Å². The van der Waals surface area contributed by atoms with E-state index < -0.39 is 17.2 Å². The van der Waals surface area contributed by atoms with Crippen molar-refractivity contribution in [1.29, 1.82) is 0 Å². The van der Waals surface area contributed by atoms with Crippen molar-refractivity contribution in [1.82, 2.24) is 29.8 Å². The maximum Gasteiger partial charge on any atom is 0.227 e. The zero-order valence-corrected chi connectivity index (χ0v) is 23.0. The van der Waals surface area contributed by atoms with E-state index in [2.05, 4.69) is 30.6 Å². The molecule has 5 rings (SSSR count). The number of hydrogen-bond acceptors (Lipinski definition) is 9. The summed E-state index contributed by atoms with van der Waals surface area (Å²) in [5.41, 5.74) is 0.898. The number of carbonyl (C=O) groups excluding carboxylic acids is 1. The van der Waals surface area contributed by atoms with Crippen LogP contribution in [0.5, 0.6) is 17.4 Å². The number of rotatable bonds is 10. The lowest BCUT2D eigenvalue weighted by atomic mass is 10.1. The Balaban J connectivity index is 1.58. The highest BCUT2D eigenvalue weighted by atomic mass is 19.1. The van der Waals surface area contributed by atoms with E-state index in [0.29, 0.717) is 29.6 Å². The van der Waals surface area contributed by atoms with Gasteiger partial charge >= 0.3 is 0 Å². The quantitative estimate of drug-likeness (QED) is 0.222. The zero-order chi connectivity index (χ0) is 29.8. The van der Waals surface area contributed by atoms with Gasteiger partial charge in [0, 0.05) is 24.4 Å². The second-order valence-corrected chi connectivity index (χ2v) is 9.15. The Hall–Kier alpha value is -5.33. The molecule has 3 N–H and O–H groups in total. The van der Waals surface area contributed by atoms with Gasteiger partial charge in [-0.25, -0.2) is 28.7 Å². The van der Waals surface area contributed by atoms with E-state index in [1.807, 2.05) is 6.92 Å². The van der Waals surface area contributed by atoms with Gasteiger partial charge in [0.15, 0.2) is 5.82 Å². The first-order valence-corrected chi connectivity index (χ1v) is 12.9. The van der Waals surface area contributed by atoms with E-state index in [1.54, 1.807) is 31.5 Å². The Morgan fingerprint density at radius 3 is 2.45 bits per heavy atom. The van der Waals surface area contributed by atoms with Gasteiger partial charge in [-0.05, 0) is 31.2 Å². The van der Waals surface area contributed by atoms with Crippen molar-refractivity contribution in [3.8, 4) is 28.8 Å². The fourth-order valence-electron chi connectivity index (χ4n) is 4.40. The van der Waals surface area contributed by atoms with Gasteiger partial charge in [-0.1, -0.05) is 6.07 Å².